The standard InChI is InChI=1S/C33H33.C9H19.C5H5.2ClH.Zr/c1-23(16-26-10-6-4-7-11-26)24(2)17-28-14-15-32-31(20-28)21-30-18-25(3)29(22-33(30)32)19-27-12-8-5-9-13-27;1-3-5-7-9-8-6-4-2;1-2-4-5-3-1;;;/h4-15,18,22-24H,16-17,19,21H2,1-3H3;9H,3-8H2,1-2H3;1-5H;2*1H;/q3*-1;;;+2/p-2. The molecule has 50 heavy (non-hydrogen) atoms. The molecular weight excluding hydrogens is 727 g/mol. The van der Waals surface area contributed by atoms with Crippen LogP contribution in [0.25, 0.3) is 11.1 Å². The van der Waals surface area contributed by atoms with Crippen molar-refractivity contribution in [3.05, 3.63) is 167 Å². The average molecular weight is 784 g/mol. The van der Waals surface area contributed by atoms with Gasteiger partial charge in [0.2, 0.25) is 0 Å². The third-order valence-corrected chi connectivity index (χ3v) is 9.54. The number of unbranched alkanes of at least 4 members (excludes halogenated alkanes) is 6. The summed E-state index contributed by atoms with van der Waals surface area (Å²) in [6.07, 6.45) is 14.8. The number of aryl methyl sites for hydroxylation is 1. The van der Waals surface area contributed by atoms with Crippen LogP contribution in [0.2, 0.25) is 0 Å². The van der Waals surface area contributed by atoms with E-state index < -0.39 is 0 Å². The van der Waals surface area contributed by atoms with Crippen molar-refractivity contribution < 1.29 is 51.0 Å². The first-order chi connectivity index (χ1) is 23.0. The normalized spacial score (nSPS) is 11.8. The molecule has 266 valence electrons. The molecule has 1 aliphatic carbocycles. The zero-order chi connectivity index (χ0) is 33.3. The van der Waals surface area contributed by atoms with Crippen LogP contribution < -0.4 is 24.8 Å². The van der Waals surface area contributed by atoms with Crippen LogP contribution in [0.4, 0.5) is 0 Å². The summed E-state index contributed by atoms with van der Waals surface area (Å²) in [6, 6.07) is 45.0. The zero-order valence-corrected chi connectivity index (χ0v) is 35.0. The number of benzene rings is 4. The van der Waals surface area contributed by atoms with E-state index in [2.05, 4.69) is 132 Å². The van der Waals surface area contributed by atoms with Gasteiger partial charge in [0.25, 0.3) is 0 Å². The summed E-state index contributed by atoms with van der Waals surface area (Å²) in [7, 11) is 0. The van der Waals surface area contributed by atoms with Gasteiger partial charge in [-0.05, 0) is 72.3 Å². The van der Waals surface area contributed by atoms with Crippen molar-refractivity contribution in [3.63, 3.8) is 0 Å². The summed E-state index contributed by atoms with van der Waals surface area (Å²) in [6.45, 7) is 11.5. The third-order valence-electron chi connectivity index (χ3n) is 9.54. The quantitative estimate of drug-likeness (QED) is 0.0876. The molecule has 0 fully saturated rings. The molecule has 1 aliphatic rings. The van der Waals surface area contributed by atoms with Crippen molar-refractivity contribution in [1.82, 2.24) is 0 Å². The number of rotatable bonds is 13. The van der Waals surface area contributed by atoms with Crippen LogP contribution in [0, 0.1) is 31.2 Å². The van der Waals surface area contributed by atoms with Crippen molar-refractivity contribution in [2.75, 3.05) is 0 Å². The number of hydrogen-bond acceptors (Lipinski definition) is 0. The minimum Gasteiger partial charge on any atom is -1.00 e. The summed E-state index contributed by atoms with van der Waals surface area (Å²) >= 11 is 0. The summed E-state index contributed by atoms with van der Waals surface area (Å²) < 4.78 is 0. The first-order valence-corrected chi connectivity index (χ1v) is 18.2. The molecule has 0 radical (unpaired) electrons. The Hall–Kier alpha value is -2.31. The van der Waals surface area contributed by atoms with Gasteiger partial charge in [0.05, 0.1) is 0 Å². The van der Waals surface area contributed by atoms with Crippen molar-refractivity contribution in [3.8, 4) is 11.1 Å². The van der Waals surface area contributed by atoms with Crippen molar-refractivity contribution in [1.29, 1.82) is 0 Å². The smallest absolute Gasteiger partial charge is 1.00 e. The molecule has 2 atom stereocenters. The van der Waals surface area contributed by atoms with E-state index in [0.717, 1.165) is 25.7 Å². The minimum atomic E-state index is 0. The molecular formula is C47H57Cl2Zr-3. The predicted octanol–water partition coefficient (Wildman–Crippen LogP) is 7.00. The van der Waals surface area contributed by atoms with E-state index in [1.54, 1.807) is 0 Å². The maximum atomic E-state index is 3.81. The van der Waals surface area contributed by atoms with Gasteiger partial charge in [-0.25, -0.2) is 12.1 Å². The second-order valence-electron chi connectivity index (χ2n) is 13.5. The molecule has 5 aromatic rings. The van der Waals surface area contributed by atoms with E-state index in [4.69, 9.17) is 0 Å². The Morgan fingerprint density at radius 3 is 1.84 bits per heavy atom. The van der Waals surface area contributed by atoms with Crippen molar-refractivity contribution in [2.24, 2.45) is 11.8 Å². The van der Waals surface area contributed by atoms with Gasteiger partial charge in [-0.3, -0.25) is 0 Å². The molecule has 0 heterocycles. The van der Waals surface area contributed by atoms with Crippen LogP contribution in [0.15, 0.2) is 115 Å². The molecule has 0 amide bonds. The molecule has 0 bridgehead atoms. The van der Waals surface area contributed by atoms with Gasteiger partial charge in [0.1, 0.15) is 0 Å². The third kappa shape index (κ3) is 15.1. The van der Waals surface area contributed by atoms with Gasteiger partial charge >= 0.3 is 26.2 Å². The van der Waals surface area contributed by atoms with Gasteiger partial charge in [0, 0.05) is 0 Å². The van der Waals surface area contributed by atoms with Crippen molar-refractivity contribution >= 4 is 0 Å². The number of fused-ring (bicyclic) bond motifs is 3. The van der Waals surface area contributed by atoms with Crippen LogP contribution in [-0.4, -0.2) is 0 Å². The largest absolute Gasteiger partial charge is 2.00 e. The molecule has 0 aromatic heterocycles. The molecule has 0 saturated carbocycles. The first-order valence-electron chi connectivity index (χ1n) is 18.2. The molecule has 0 nitrogen and oxygen atoms in total. The second-order valence-corrected chi connectivity index (χ2v) is 13.5. The van der Waals surface area contributed by atoms with Crippen molar-refractivity contribution in [2.45, 2.75) is 98.8 Å². The Balaban J connectivity index is 0.000000621. The van der Waals surface area contributed by atoms with Gasteiger partial charge in [-0.1, -0.05) is 132 Å². The fourth-order valence-electron chi connectivity index (χ4n) is 6.40. The maximum Gasteiger partial charge on any atom is 2.00 e. The Bertz CT molecular complexity index is 1540. The fraction of sp³-hybridized carbons (Fsp3) is 0.362. The Kier molecular flexibility index (Phi) is 23.4. The zero-order valence-electron chi connectivity index (χ0n) is 31.0. The van der Waals surface area contributed by atoms with Crippen LogP contribution in [0.3, 0.4) is 0 Å². The molecule has 0 aliphatic heterocycles. The van der Waals surface area contributed by atoms with E-state index in [1.165, 1.54) is 88.6 Å². The summed E-state index contributed by atoms with van der Waals surface area (Å²) in [5.41, 5.74) is 12.6. The van der Waals surface area contributed by atoms with Gasteiger partial charge in [-0.2, -0.15) is 54.8 Å². The van der Waals surface area contributed by atoms with E-state index in [0.29, 0.717) is 11.8 Å². The Labute approximate surface area is 337 Å². The van der Waals surface area contributed by atoms with Gasteiger partial charge < -0.3 is 31.2 Å². The second kappa shape index (κ2) is 25.6. The van der Waals surface area contributed by atoms with Crippen LogP contribution in [-0.2, 0) is 51.9 Å². The van der Waals surface area contributed by atoms with Crippen LogP contribution >= 0.6 is 0 Å². The molecule has 6 rings (SSSR count). The summed E-state index contributed by atoms with van der Waals surface area (Å²) in [5, 5.41) is 0. The van der Waals surface area contributed by atoms with Crippen LogP contribution in [0.5, 0.6) is 0 Å². The monoisotopic (exact) mass is 781 g/mol. The van der Waals surface area contributed by atoms with E-state index in [9.17, 15) is 0 Å². The summed E-state index contributed by atoms with van der Waals surface area (Å²) in [5.74, 6) is 1.28. The summed E-state index contributed by atoms with van der Waals surface area (Å²) in [4.78, 5) is 0. The molecule has 0 N–H and O–H groups in total. The van der Waals surface area contributed by atoms with E-state index in [-0.39, 0.29) is 51.0 Å². The Morgan fingerprint density at radius 2 is 1.28 bits per heavy atom. The van der Waals surface area contributed by atoms with Gasteiger partial charge in [0.15, 0.2) is 0 Å². The predicted molar refractivity (Wildman–Crippen MR) is 205 cm³/mol. The SMILES string of the molecule is CCCC[CH-]CCCC.Cc1cc2c(cc1Cc1ccccc1)-c1ccc(CC(C)C(C)Cc3ccccc3)[c-]c1C2.[Cl-].[Cl-].[Zr+2].c1cc[cH-]c1. The first kappa shape index (κ1) is 45.7. The topological polar surface area (TPSA) is 0 Å². The number of halogens is 2. The Morgan fingerprint density at radius 1 is 0.700 bits per heavy atom. The van der Waals surface area contributed by atoms with Crippen LogP contribution in [0.1, 0.15) is 105 Å². The van der Waals surface area contributed by atoms with E-state index >= 15 is 0 Å². The maximum absolute atomic E-state index is 3.81. The molecule has 3 heteroatoms. The average Bonchev–Trinajstić information content (AvgIpc) is 3.78. The fourth-order valence-corrected chi connectivity index (χ4v) is 6.40. The molecule has 2 unspecified atom stereocenters. The van der Waals surface area contributed by atoms with E-state index in [1.807, 2.05) is 30.3 Å². The van der Waals surface area contributed by atoms with Gasteiger partial charge in [-0.15, -0.1) is 11.1 Å². The molecule has 0 saturated heterocycles. The number of hydrogen-bond donors (Lipinski definition) is 0. The molecule has 0 spiro atoms. The molecule has 5 aromatic carbocycles. The minimum absolute atomic E-state index is 0.